The SMILES string of the molecule is CCCOC(=O)c1ccc(NC(=O)Cn2cc(CNC(=O)c3ccc(S(N)(=O)=O)cc3)nn2)cc1. The molecule has 1 heterocycles. The van der Waals surface area contributed by atoms with Gasteiger partial charge in [0, 0.05) is 11.3 Å². The van der Waals surface area contributed by atoms with Crippen molar-refractivity contribution in [1.29, 1.82) is 0 Å². The Morgan fingerprint density at radius 1 is 1.03 bits per heavy atom. The molecule has 0 aliphatic heterocycles. The number of hydrogen-bond acceptors (Lipinski definition) is 8. The predicted octanol–water partition coefficient (Wildman–Crippen LogP) is 1.06. The summed E-state index contributed by atoms with van der Waals surface area (Å²) in [7, 11) is -3.84. The minimum Gasteiger partial charge on any atom is -0.462 e. The van der Waals surface area contributed by atoms with Gasteiger partial charge in [0.25, 0.3) is 5.91 Å². The number of sulfonamides is 1. The maximum Gasteiger partial charge on any atom is 0.338 e. The number of nitrogens with two attached hydrogens (primary N) is 1. The molecule has 0 fully saturated rings. The summed E-state index contributed by atoms with van der Waals surface area (Å²) in [6, 6.07) is 11.5. The zero-order valence-corrected chi connectivity index (χ0v) is 19.6. The minimum atomic E-state index is -3.84. The molecule has 0 saturated carbocycles. The highest BCUT2D eigenvalue weighted by molar-refractivity contribution is 7.89. The van der Waals surface area contributed by atoms with E-state index in [1.165, 1.54) is 35.1 Å². The van der Waals surface area contributed by atoms with Gasteiger partial charge in [0.1, 0.15) is 12.2 Å². The number of ether oxygens (including phenoxy) is 1. The Bertz CT molecular complexity index is 1300. The van der Waals surface area contributed by atoms with Crippen LogP contribution in [0.4, 0.5) is 5.69 Å². The summed E-state index contributed by atoms with van der Waals surface area (Å²) in [4.78, 5) is 36.3. The first-order valence-corrected chi connectivity index (χ1v) is 12.1. The Morgan fingerprint density at radius 2 is 1.69 bits per heavy atom. The predicted molar refractivity (Wildman–Crippen MR) is 125 cm³/mol. The van der Waals surface area contributed by atoms with E-state index in [9.17, 15) is 22.8 Å². The molecule has 0 radical (unpaired) electrons. The van der Waals surface area contributed by atoms with Crippen LogP contribution in [0.25, 0.3) is 0 Å². The number of nitrogens with zero attached hydrogens (tertiary/aromatic N) is 3. The van der Waals surface area contributed by atoms with E-state index < -0.39 is 21.9 Å². The fraction of sp³-hybridized carbons (Fsp3) is 0.227. The average molecular weight is 501 g/mol. The van der Waals surface area contributed by atoms with Crippen LogP contribution < -0.4 is 15.8 Å². The van der Waals surface area contributed by atoms with Gasteiger partial charge in [-0.15, -0.1) is 5.10 Å². The number of benzene rings is 2. The van der Waals surface area contributed by atoms with Crippen LogP contribution in [-0.2, 0) is 32.6 Å². The molecule has 2 aromatic carbocycles. The molecule has 4 N–H and O–H groups in total. The van der Waals surface area contributed by atoms with E-state index in [2.05, 4.69) is 20.9 Å². The smallest absolute Gasteiger partial charge is 0.338 e. The fourth-order valence-corrected chi connectivity index (χ4v) is 3.40. The van der Waals surface area contributed by atoms with Crippen LogP contribution in [-0.4, -0.2) is 47.8 Å². The van der Waals surface area contributed by atoms with Gasteiger partial charge in [-0.2, -0.15) is 0 Å². The summed E-state index contributed by atoms with van der Waals surface area (Å²) >= 11 is 0. The third-order valence-electron chi connectivity index (χ3n) is 4.61. The molecule has 0 atom stereocenters. The number of hydrogen-bond donors (Lipinski definition) is 3. The highest BCUT2D eigenvalue weighted by Gasteiger charge is 2.12. The summed E-state index contributed by atoms with van der Waals surface area (Å²) in [5.74, 6) is -1.23. The Hall–Kier alpha value is -4.10. The second kappa shape index (κ2) is 11.4. The number of aromatic nitrogens is 3. The molecule has 2 amide bonds. The first-order chi connectivity index (χ1) is 16.7. The maximum absolute atomic E-state index is 12.3. The molecule has 1 aromatic heterocycles. The summed E-state index contributed by atoms with van der Waals surface area (Å²) in [6.45, 7) is 2.18. The van der Waals surface area contributed by atoms with Gasteiger partial charge >= 0.3 is 5.97 Å². The van der Waals surface area contributed by atoms with Crippen molar-refractivity contribution in [3.63, 3.8) is 0 Å². The average Bonchev–Trinajstić information content (AvgIpc) is 3.28. The summed E-state index contributed by atoms with van der Waals surface area (Å²) < 4.78 is 29.0. The van der Waals surface area contributed by atoms with Gasteiger partial charge < -0.3 is 15.4 Å². The third-order valence-corrected chi connectivity index (χ3v) is 5.54. The Labute approximate surface area is 201 Å². The molecule has 184 valence electrons. The largest absolute Gasteiger partial charge is 0.462 e. The standard InChI is InChI=1S/C22H24N6O6S/c1-2-11-34-22(31)16-3-7-17(8-4-16)25-20(29)14-28-13-18(26-27-28)12-24-21(30)15-5-9-19(10-6-15)35(23,32)33/h3-10,13H,2,11-12,14H2,1H3,(H,24,30)(H,25,29)(H2,23,32,33). The van der Waals surface area contributed by atoms with Crippen molar-refractivity contribution in [2.75, 3.05) is 11.9 Å². The van der Waals surface area contributed by atoms with Crippen molar-refractivity contribution in [3.05, 3.63) is 71.5 Å². The van der Waals surface area contributed by atoms with Crippen molar-refractivity contribution < 1.29 is 27.5 Å². The van der Waals surface area contributed by atoms with E-state index in [4.69, 9.17) is 9.88 Å². The zero-order chi connectivity index (χ0) is 25.4. The Kier molecular flexibility index (Phi) is 8.28. The van der Waals surface area contributed by atoms with E-state index in [0.717, 1.165) is 6.42 Å². The quantitative estimate of drug-likeness (QED) is 0.346. The highest BCUT2D eigenvalue weighted by Crippen LogP contribution is 2.11. The van der Waals surface area contributed by atoms with Gasteiger partial charge in [0.2, 0.25) is 15.9 Å². The van der Waals surface area contributed by atoms with Crippen molar-refractivity contribution in [2.45, 2.75) is 31.3 Å². The topological polar surface area (TPSA) is 175 Å². The lowest BCUT2D eigenvalue weighted by Gasteiger charge is -2.07. The number of esters is 1. The van der Waals surface area contributed by atoms with Gasteiger partial charge in [-0.3, -0.25) is 9.59 Å². The molecule has 0 unspecified atom stereocenters. The lowest BCUT2D eigenvalue weighted by Crippen LogP contribution is -2.23. The number of nitrogens with one attached hydrogen (secondary N) is 2. The molecular weight excluding hydrogens is 476 g/mol. The summed E-state index contributed by atoms with van der Waals surface area (Å²) in [5.41, 5.74) is 1.55. The Balaban J connectivity index is 1.48. The Morgan fingerprint density at radius 3 is 2.31 bits per heavy atom. The summed E-state index contributed by atoms with van der Waals surface area (Å²) in [6.07, 6.45) is 2.24. The molecule has 3 rings (SSSR count). The van der Waals surface area contributed by atoms with E-state index >= 15 is 0 Å². The van der Waals surface area contributed by atoms with Gasteiger partial charge in [-0.25, -0.2) is 23.0 Å². The van der Waals surface area contributed by atoms with Crippen LogP contribution in [0.5, 0.6) is 0 Å². The molecule has 3 aromatic rings. The van der Waals surface area contributed by atoms with Crippen molar-refractivity contribution in [2.24, 2.45) is 5.14 Å². The molecule has 0 bridgehead atoms. The molecule has 35 heavy (non-hydrogen) atoms. The number of amides is 2. The van der Waals surface area contributed by atoms with E-state index in [0.29, 0.717) is 23.6 Å². The summed E-state index contributed by atoms with van der Waals surface area (Å²) in [5, 5.41) is 18.1. The zero-order valence-electron chi connectivity index (χ0n) is 18.8. The minimum absolute atomic E-state index is 0.0486. The normalized spacial score (nSPS) is 11.0. The molecule has 13 heteroatoms. The molecule has 12 nitrogen and oxygen atoms in total. The van der Waals surface area contributed by atoms with Crippen molar-refractivity contribution in [1.82, 2.24) is 20.3 Å². The molecule has 0 saturated heterocycles. The van der Waals surface area contributed by atoms with E-state index in [-0.39, 0.29) is 29.5 Å². The second-order valence-electron chi connectivity index (χ2n) is 7.42. The molecule has 0 aliphatic rings. The van der Waals surface area contributed by atoms with Gasteiger partial charge in [-0.05, 0) is 55.0 Å². The van der Waals surface area contributed by atoms with Crippen molar-refractivity contribution >= 4 is 33.5 Å². The first kappa shape index (κ1) is 25.5. The number of carbonyl (C=O) groups excluding carboxylic acids is 3. The number of anilines is 1. The highest BCUT2D eigenvalue weighted by atomic mass is 32.2. The van der Waals surface area contributed by atoms with E-state index in [1.54, 1.807) is 24.3 Å². The van der Waals surface area contributed by atoms with Crippen molar-refractivity contribution in [3.8, 4) is 0 Å². The van der Waals surface area contributed by atoms with Crippen LogP contribution in [0.15, 0.2) is 59.6 Å². The first-order valence-electron chi connectivity index (χ1n) is 10.5. The fourth-order valence-electron chi connectivity index (χ4n) is 2.88. The van der Waals surface area contributed by atoms with Crippen LogP contribution in [0, 0.1) is 0 Å². The lowest BCUT2D eigenvalue weighted by molar-refractivity contribution is -0.116. The number of rotatable bonds is 10. The van der Waals surface area contributed by atoms with Crippen LogP contribution >= 0.6 is 0 Å². The molecular formula is C22H24N6O6S. The monoisotopic (exact) mass is 500 g/mol. The van der Waals surface area contributed by atoms with Gasteiger partial charge in [-0.1, -0.05) is 12.1 Å². The van der Waals surface area contributed by atoms with Crippen LogP contribution in [0.1, 0.15) is 39.8 Å². The van der Waals surface area contributed by atoms with Gasteiger partial charge in [0.05, 0.1) is 29.8 Å². The number of primary sulfonamides is 1. The maximum atomic E-state index is 12.3. The molecule has 0 spiro atoms. The van der Waals surface area contributed by atoms with Gasteiger partial charge in [0.15, 0.2) is 0 Å². The van der Waals surface area contributed by atoms with Crippen LogP contribution in [0.2, 0.25) is 0 Å². The molecule has 0 aliphatic carbocycles. The number of carbonyl (C=O) groups is 3. The third kappa shape index (κ3) is 7.45. The van der Waals surface area contributed by atoms with E-state index in [1.807, 2.05) is 6.92 Å². The second-order valence-corrected chi connectivity index (χ2v) is 8.98. The van der Waals surface area contributed by atoms with Crippen LogP contribution in [0.3, 0.4) is 0 Å². The lowest BCUT2D eigenvalue weighted by atomic mass is 10.2.